The number of hydrogen-bond donors (Lipinski definition) is 0. The van der Waals surface area contributed by atoms with Crippen molar-refractivity contribution in [2.24, 2.45) is 7.05 Å². The highest BCUT2D eigenvalue weighted by Gasteiger charge is 2.35. The van der Waals surface area contributed by atoms with Gasteiger partial charge in [0.15, 0.2) is 0 Å². The minimum atomic E-state index is -4.40. The van der Waals surface area contributed by atoms with E-state index >= 15 is 0 Å². The van der Waals surface area contributed by atoms with Crippen molar-refractivity contribution in [2.45, 2.75) is 85.7 Å². The first-order valence-corrected chi connectivity index (χ1v) is 14.8. The number of quaternary nitrogens is 1. The summed E-state index contributed by atoms with van der Waals surface area (Å²) >= 11 is 0. The average molecular weight is 607 g/mol. The van der Waals surface area contributed by atoms with Crippen LogP contribution < -0.4 is 22.5 Å². The Morgan fingerprint density at radius 3 is 1.88 bits per heavy atom. The summed E-state index contributed by atoms with van der Waals surface area (Å²) in [7, 11) is 1.42. The van der Waals surface area contributed by atoms with Crippen molar-refractivity contribution in [3.63, 3.8) is 0 Å². The van der Waals surface area contributed by atoms with Gasteiger partial charge in [0.2, 0.25) is 0 Å². The monoisotopic (exact) mass is 606 g/mol. The molecule has 2 heterocycles. The van der Waals surface area contributed by atoms with Gasteiger partial charge in [-0.05, 0) is 59.4 Å². The Morgan fingerprint density at radius 1 is 0.721 bits per heavy atom. The van der Waals surface area contributed by atoms with Gasteiger partial charge in [-0.25, -0.2) is 9.59 Å². The normalized spacial score (nSPS) is 12.2. The van der Waals surface area contributed by atoms with Crippen molar-refractivity contribution >= 4 is 0 Å². The van der Waals surface area contributed by atoms with Gasteiger partial charge in [-0.2, -0.15) is 13.2 Å². The molecule has 12 heteroatoms. The predicted molar refractivity (Wildman–Crippen MR) is 160 cm³/mol. The van der Waals surface area contributed by atoms with E-state index in [0.717, 1.165) is 23.5 Å². The Kier molecular flexibility index (Phi) is 11.2. The molecule has 0 aliphatic heterocycles. The molecule has 0 unspecified atom stereocenters. The molecule has 0 saturated heterocycles. The fraction of sp³-hybridized carbons (Fsp3) is 0.548. The quantitative estimate of drug-likeness (QED) is 0.206. The number of benzene rings is 1. The fourth-order valence-electron chi connectivity index (χ4n) is 5.67. The Hall–Kier alpha value is -3.67. The van der Waals surface area contributed by atoms with Crippen LogP contribution >= 0.6 is 0 Å². The lowest BCUT2D eigenvalue weighted by Crippen LogP contribution is -2.48. The predicted octanol–water partition coefficient (Wildman–Crippen LogP) is 3.82. The molecule has 0 aliphatic carbocycles. The van der Waals surface area contributed by atoms with Crippen molar-refractivity contribution in [1.82, 2.24) is 18.3 Å². The fourth-order valence-corrected chi connectivity index (χ4v) is 5.67. The highest BCUT2D eigenvalue weighted by atomic mass is 19.4. The largest absolute Gasteiger partial charge is 0.416 e. The van der Waals surface area contributed by atoms with Crippen LogP contribution in [0, 0.1) is 13.8 Å². The van der Waals surface area contributed by atoms with E-state index < -0.39 is 23.1 Å². The van der Waals surface area contributed by atoms with Crippen LogP contribution in [0.5, 0.6) is 0 Å². The summed E-state index contributed by atoms with van der Waals surface area (Å²) in [6.45, 7) is 10.6. The molecule has 0 aliphatic rings. The van der Waals surface area contributed by atoms with Crippen LogP contribution in [0.3, 0.4) is 0 Å². The Labute approximate surface area is 249 Å². The van der Waals surface area contributed by atoms with Crippen molar-refractivity contribution in [3.8, 4) is 0 Å². The van der Waals surface area contributed by atoms with E-state index in [-0.39, 0.29) is 24.2 Å². The molecule has 3 rings (SSSR count). The van der Waals surface area contributed by atoms with Crippen LogP contribution in [0.2, 0.25) is 0 Å². The molecule has 43 heavy (non-hydrogen) atoms. The number of rotatable bonds is 14. The van der Waals surface area contributed by atoms with E-state index in [0.29, 0.717) is 67.0 Å². The lowest BCUT2D eigenvalue weighted by atomic mass is 10.0. The van der Waals surface area contributed by atoms with Gasteiger partial charge >= 0.3 is 17.6 Å². The van der Waals surface area contributed by atoms with Gasteiger partial charge in [-0.15, -0.1) is 0 Å². The molecular weight excluding hydrogens is 563 g/mol. The van der Waals surface area contributed by atoms with E-state index in [9.17, 15) is 32.3 Å². The molecular formula is C31H43F3N5O4+. The molecule has 9 nitrogen and oxygen atoms in total. The van der Waals surface area contributed by atoms with E-state index in [1.165, 1.54) is 38.9 Å². The molecule has 236 valence electrons. The number of halogens is 3. The molecule has 0 fully saturated rings. The van der Waals surface area contributed by atoms with Gasteiger partial charge < -0.3 is 4.48 Å². The molecule has 2 aromatic heterocycles. The molecule has 0 amide bonds. The lowest BCUT2D eigenvalue weighted by molar-refractivity contribution is -0.938. The first-order valence-electron chi connectivity index (χ1n) is 14.8. The summed E-state index contributed by atoms with van der Waals surface area (Å²) < 4.78 is 46.5. The number of aryl methyl sites for hydroxylation is 2. The van der Waals surface area contributed by atoms with E-state index in [4.69, 9.17) is 0 Å². The standard InChI is InChI=1S/C31H43F3N5O4/c1-6-39(7-2,22-25-14-9-10-15-26(25)31(32,33)34)19-12-8-11-16-38-28(41)21-24(4)37(30(38)43)18-13-17-36-23(3)20-27(40)35(5)29(36)42/h9-10,14-15,20-21H,6-8,11-13,16-19,22H2,1-5H3/q+1. The third-order valence-electron chi connectivity index (χ3n) is 8.54. The number of nitrogens with zero attached hydrogens (tertiary/aromatic N) is 5. The maximum Gasteiger partial charge on any atom is 0.416 e. The summed E-state index contributed by atoms with van der Waals surface area (Å²) in [4.78, 5) is 50.2. The van der Waals surface area contributed by atoms with Crippen LogP contribution in [0.1, 0.15) is 62.0 Å². The highest BCUT2D eigenvalue weighted by Crippen LogP contribution is 2.33. The summed E-state index contributed by atoms with van der Waals surface area (Å²) in [5, 5.41) is 0. The zero-order valence-corrected chi connectivity index (χ0v) is 25.7. The topological polar surface area (TPSA) is 88.0 Å². The van der Waals surface area contributed by atoms with Crippen molar-refractivity contribution < 1.29 is 17.7 Å². The summed E-state index contributed by atoms with van der Waals surface area (Å²) in [5.41, 5.74) is -0.808. The SMILES string of the molecule is CC[N+](CC)(CCCCCn1c(=O)cc(C)n(CCCn2c(C)cc(=O)n(C)c2=O)c1=O)Cc1ccccc1C(F)(F)F. The first-order chi connectivity index (χ1) is 20.2. The van der Waals surface area contributed by atoms with Gasteiger partial charge in [-0.1, -0.05) is 18.2 Å². The zero-order chi connectivity index (χ0) is 31.9. The molecule has 0 spiro atoms. The minimum absolute atomic E-state index is 0.243. The minimum Gasteiger partial charge on any atom is -0.320 e. The molecule has 1 aromatic carbocycles. The Bertz CT molecular complexity index is 1650. The molecule has 3 aromatic rings. The second kappa shape index (κ2) is 14.2. The number of aromatic nitrogens is 4. The first kappa shape index (κ1) is 33.8. The van der Waals surface area contributed by atoms with Crippen LogP contribution in [0.4, 0.5) is 13.2 Å². The summed E-state index contributed by atoms with van der Waals surface area (Å²) in [6.07, 6.45) is -1.91. The van der Waals surface area contributed by atoms with Crippen molar-refractivity contribution in [2.75, 3.05) is 19.6 Å². The van der Waals surface area contributed by atoms with Gasteiger partial charge in [0.05, 0.1) is 25.2 Å². The van der Waals surface area contributed by atoms with E-state index in [1.54, 1.807) is 26.0 Å². The summed E-state index contributed by atoms with van der Waals surface area (Å²) in [5.74, 6) is 0. The molecule has 0 N–H and O–H groups in total. The number of alkyl halides is 3. The van der Waals surface area contributed by atoms with Crippen LogP contribution in [-0.2, 0) is 39.4 Å². The third-order valence-corrected chi connectivity index (χ3v) is 8.54. The second-order valence-electron chi connectivity index (χ2n) is 11.3. The third kappa shape index (κ3) is 8.04. The lowest BCUT2D eigenvalue weighted by Gasteiger charge is -2.37. The van der Waals surface area contributed by atoms with Crippen molar-refractivity contribution in [3.05, 3.63) is 101 Å². The summed E-state index contributed by atoms with van der Waals surface area (Å²) in [6, 6.07) is 8.56. The van der Waals surface area contributed by atoms with Gasteiger partial charge in [0.25, 0.3) is 11.1 Å². The smallest absolute Gasteiger partial charge is 0.320 e. The highest BCUT2D eigenvalue weighted by molar-refractivity contribution is 5.29. The Morgan fingerprint density at radius 2 is 1.28 bits per heavy atom. The number of hydrogen-bond acceptors (Lipinski definition) is 4. The van der Waals surface area contributed by atoms with Crippen molar-refractivity contribution in [1.29, 1.82) is 0 Å². The Balaban J connectivity index is 1.63. The number of unbranched alkanes of at least 4 members (excludes halogenated alkanes) is 2. The van der Waals surface area contributed by atoms with Crippen LogP contribution in [0.25, 0.3) is 0 Å². The average Bonchev–Trinajstić information content (AvgIpc) is 2.95. The molecule has 0 radical (unpaired) electrons. The van der Waals surface area contributed by atoms with Gasteiger partial charge in [0.1, 0.15) is 6.54 Å². The van der Waals surface area contributed by atoms with E-state index in [2.05, 4.69) is 0 Å². The van der Waals surface area contributed by atoms with Gasteiger partial charge in [-0.3, -0.25) is 27.9 Å². The van der Waals surface area contributed by atoms with Crippen LogP contribution in [-0.4, -0.2) is 42.4 Å². The van der Waals surface area contributed by atoms with Crippen LogP contribution in [0.15, 0.2) is 55.6 Å². The molecule has 0 saturated carbocycles. The zero-order valence-electron chi connectivity index (χ0n) is 25.7. The van der Waals surface area contributed by atoms with E-state index in [1.807, 2.05) is 13.8 Å². The second-order valence-corrected chi connectivity index (χ2v) is 11.3. The maximum absolute atomic E-state index is 13.6. The maximum atomic E-state index is 13.6. The molecule has 0 atom stereocenters. The van der Waals surface area contributed by atoms with Gasteiger partial charge in [0, 0.05) is 55.8 Å². The molecule has 0 bridgehead atoms.